The van der Waals surface area contributed by atoms with Gasteiger partial charge in [0.2, 0.25) is 5.95 Å². The Labute approximate surface area is 111 Å². The molecule has 0 aliphatic carbocycles. The van der Waals surface area contributed by atoms with E-state index in [9.17, 15) is 5.11 Å². The van der Waals surface area contributed by atoms with Crippen LogP contribution >= 0.6 is 11.8 Å². The molecule has 2 atom stereocenters. The number of thioether (sulfide) groups is 1. The van der Waals surface area contributed by atoms with Crippen LogP contribution in [0.1, 0.15) is 27.7 Å². The zero-order valence-electron chi connectivity index (χ0n) is 10.9. The van der Waals surface area contributed by atoms with Gasteiger partial charge in [0.1, 0.15) is 0 Å². The summed E-state index contributed by atoms with van der Waals surface area (Å²) < 4.78 is 5.41. The van der Waals surface area contributed by atoms with Crippen molar-refractivity contribution < 1.29 is 9.84 Å². The van der Waals surface area contributed by atoms with E-state index in [1.807, 2.05) is 20.8 Å². The molecule has 0 bridgehead atoms. The maximum atomic E-state index is 9.46. The summed E-state index contributed by atoms with van der Waals surface area (Å²) in [6.45, 7) is 7.36. The lowest BCUT2D eigenvalue weighted by Gasteiger charge is -2.14. The summed E-state index contributed by atoms with van der Waals surface area (Å²) in [5.74, 6) is 5.53. The summed E-state index contributed by atoms with van der Waals surface area (Å²) in [7, 11) is 0. The van der Waals surface area contributed by atoms with E-state index in [0.29, 0.717) is 5.16 Å². The molecule has 8 heteroatoms. The molecule has 1 aromatic rings. The standard InChI is InChI=1S/C10H19N5O2S/c1-5(2)17-9-12-8(15-11)13-10(14-9)18-7(4)6(3)16/h5-7,16H,11H2,1-4H3,(H,12,13,14,15). The number of nitrogens with zero attached hydrogens (tertiary/aromatic N) is 3. The van der Waals surface area contributed by atoms with Gasteiger partial charge in [0, 0.05) is 5.25 Å². The van der Waals surface area contributed by atoms with E-state index in [1.54, 1.807) is 6.92 Å². The molecule has 4 N–H and O–H groups in total. The number of aromatic nitrogens is 3. The van der Waals surface area contributed by atoms with E-state index in [2.05, 4.69) is 20.4 Å². The van der Waals surface area contributed by atoms with E-state index >= 15 is 0 Å². The molecule has 0 amide bonds. The van der Waals surface area contributed by atoms with Gasteiger partial charge in [0.05, 0.1) is 12.2 Å². The van der Waals surface area contributed by atoms with E-state index in [1.165, 1.54) is 11.8 Å². The van der Waals surface area contributed by atoms with E-state index < -0.39 is 6.10 Å². The normalized spacial score (nSPS) is 14.4. The lowest BCUT2D eigenvalue weighted by Crippen LogP contribution is -2.18. The SMILES string of the molecule is CC(C)Oc1nc(NN)nc(SC(C)C(C)O)n1. The third-order valence-electron chi connectivity index (χ3n) is 2.04. The van der Waals surface area contributed by atoms with Crippen LogP contribution in [0, 0.1) is 0 Å². The van der Waals surface area contributed by atoms with E-state index in [0.717, 1.165) is 0 Å². The van der Waals surface area contributed by atoms with Gasteiger partial charge in [0.15, 0.2) is 5.16 Å². The molecule has 0 spiro atoms. The molecule has 0 radical (unpaired) electrons. The second-order valence-electron chi connectivity index (χ2n) is 4.10. The first-order valence-corrected chi connectivity index (χ1v) is 6.54. The van der Waals surface area contributed by atoms with Crippen molar-refractivity contribution in [2.24, 2.45) is 5.84 Å². The van der Waals surface area contributed by atoms with Crippen molar-refractivity contribution in [2.75, 3.05) is 5.43 Å². The van der Waals surface area contributed by atoms with Gasteiger partial charge < -0.3 is 9.84 Å². The highest BCUT2D eigenvalue weighted by Gasteiger charge is 2.15. The summed E-state index contributed by atoms with van der Waals surface area (Å²) >= 11 is 1.33. The Morgan fingerprint density at radius 1 is 1.22 bits per heavy atom. The molecule has 0 saturated carbocycles. The van der Waals surface area contributed by atoms with Crippen LogP contribution in [0.4, 0.5) is 5.95 Å². The fraction of sp³-hybridized carbons (Fsp3) is 0.700. The highest BCUT2D eigenvalue weighted by atomic mass is 32.2. The van der Waals surface area contributed by atoms with Gasteiger partial charge in [-0.2, -0.15) is 15.0 Å². The zero-order chi connectivity index (χ0) is 13.7. The Morgan fingerprint density at radius 3 is 2.39 bits per heavy atom. The highest BCUT2D eigenvalue weighted by molar-refractivity contribution is 7.99. The third kappa shape index (κ3) is 4.63. The van der Waals surface area contributed by atoms with Gasteiger partial charge in [-0.05, 0) is 20.8 Å². The first kappa shape index (κ1) is 14.9. The van der Waals surface area contributed by atoms with Crippen molar-refractivity contribution >= 4 is 17.7 Å². The van der Waals surface area contributed by atoms with Crippen LogP contribution in [0.2, 0.25) is 0 Å². The van der Waals surface area contributed by atoms with Crippen molar-refractivity contribution in [1.82, 2.24) is 15.0 Å². The third-order valence-corrected chi connectivity index (χ3v) is 3.19. The molecule has 0 aliphatic rings. The zero-order valence-corrected chi connectivity index (χ0v) is 11.7. The van der Waals surface area contributed by atoms with Gasteiger partial charge in [-0.3, -0.25) is 5.43 Å². The van der Waals surface area contributed by atoms with Crippen molar-refractivity contribution in [2.45, 2.75) is 50.3 Å². The molecular weight excluding hydrogens is 254 g/mol. The number of hydrazine groups is 1. The average Bonchev–Trinajstić information content (AvgIpc) is 2.27. The number of aliphatic hydroxyl groups is 1. The molecule has 0 aliphatic heterocycles. The molecule has 0 fully saturated rings. The maximum absolute atomic E-state index is 9.46. The number of anilines is 1. The highest BCUT2D eigenvalue weighted by Crippen LogP contribution is 2.24. The Balaban J connectivity index is 2.89. The van der Waals surface area contributed by atoms with Crippen LogP contribution in [0.3, 0.4) is 0 Å². The smallest absolute Gasteiger partial charge is 0.322 e. The number of rotatable bonds is 6. The topological polar surface area (TPSA) is 106 Å². The van der Waals surface area contributed by atoms with Crippen LogP contribution in [-0.2, 0) is 0 Å². The Morgan fingerprint density at radius 2 is 1.89 bits per heavy atom. The lowest BCUT2D eigenvalue weighted by atomic mass is 10.3. The van der Waals surface area contributed by atoms with E-state index in [-0.39, 0.29) is 23.3 Å². The van der Waals surface area contributed by atoms with Crippen LogP contribution in [0.5, 0.6) is 6.01 Å². The van der Waals surface area contributed by atoms with E-state index in [4.69, 9.17) is 10.6 Å². The van der Waals surface area contributed by atoms with Crippen LogP contribution in [0.25, 0.3) is 0 Å². The first-order valence-electron chi connectivity index (χ1n) is 5.66. The summed E-state index contributed by atoms with van der Waals surface area (Å²) in [4.78, 5) is 12.2. The molecule has 0 aromatic carbocycles. The van der Waals surface area contributed by atoms with Crippen LogP contribution < -0.4 is 16.0 Å². The van der Waals surface area contributed by atoms with Crippen molar-refractivity contribution in [3.8, 4) is 6.01 Å². The predicted molar refractivity (Wildman–Crippen MR) is 70.4 cm³/mol. The number of hydrogen-bond acceptors (Lipinski definition) is 8. The molecular formula is C10H19N5O2S. The van der Waals surface area contributed by atoms with Gasteiger partial charge in [0.25, 0.3) is 0 Å². The monoisotopic (exact) mass is 273 g/mol. The van der Waals surface area contributed by atoms with Crippen molar-refractivity contribution in [3.63, 3.8) is 0 Å². The molecule has 1 heterocycles. The molecule has 102 valence electrons. The maximum Gasteiger partial charge on any atom is 0.322 e. The second kappa shape index (κ2) is 6.72. The summed E-state index contributed by atoms with van der Waals surface area (Å²) in [6, 6.07) is 0.216. The Kier molecular flexibility index (Phi) is 5.57. The quantitative estimate of drug-likeness (QED) is 0.397. The predicted octanol–water partition coefficient (Wildman–Crippen LogP) is 0.806. The largest absolute Gasteiger partial charge is 0.461 e. The van der Waals surface area contributed by atoms with Crippen LogP contribution in [-0.4, -0.2) is 37.5 Å². The fourth-order valence-electron chi connectivity index (χ4n) is 0.984. The molecule has 18 heavy (non-hydrogen) atoms. The number of nitrogens with two attached hydrogens (primary N) is 1. The number of hydrogen-bond donors (Lipinski definition) is 3. The number of aliphatic hydroxyl groups excluding tert-OH is 1. The number of nitrogens with one attached hydrogen (secondary N) is 1. The molecule has 1 rings (SSSR count). The molecule has 7 nitrogen and oxygen atoms in total. The summed E-state index contributed by atoms with van der Waals surface area (Å²) in [5.41, 5.74) is 2.37. The number of ether oxygens (including phenoxy) is 1. The summed E-state index contributed by atoms with van der Waals surface area (Å²) in [6.07, 6.45) is -0.499. The van der Waals surface area contributed by atoms with Gasteiger partial charge >= 0.3 is 6.01 Å². The Bertz CT molecular complexity index is 389. The van der Waals surface area contributed by atoms with Gasteiger partial charge in [-0.15, -0.1) is 0 Å². The van der Waals surface area contributed by atoms with Crippen LogP contribution in [0.15, 0.2) is 5.16 Å². The van der Waals surface area contributed by atoms with Crippen molar-refractivity contribution in [1.29, 1.82) is 0 Å². The summed E-state index contributed by atoms with van der Waals surface area (Å²) in [5, 5.41) is 9.88. The minimum atomic E-state index is -0.462. The Hall–Kier alpha value is -1.12. The fourth-order valence-corrected chi connectivity index (χ4v) is 1.78. The minimum Gasteiger partial charge on any atom is -0.461 e. The first-order chi connectivity index (χ1) is 8.42. The number of nitrogen functional groups attached to an aromatic ring is 1. The minimum absolute atomic E-state index is 0.0370. The van der Waals surface area contributed by atoms with Gasteiger partial charge in [-0.25, -0.2) is 5.84 Å². The molecule has 1 aromatic heterocycles. The lowest BCUT2D eigenvalue weighted by molar-refractivity contribution is 0.196. The van der Waals surface area contributed by atoms with Gasteiger partial charge in [-0.1, -0.05) is 18.7 Å². The molecule has 2 unspecified atom stereocenters. The second-order valence-corrected chi connectivity index (χ2v) is 5.44. The molecule has 0 saturated heterocycles. The average molecular weight is 273 g/mol. The van der Waals surface area contributed by atoms with Crippen molar-refractivity contribution in [3.05, 3.63) is 0 Å².